The molecule has 4 rings (SSSR count). The van der Waals surface area contributed by atoms with Crippen molar-refractivity contribution >= 4 is 28.5 Å². The lowest BCUT2D eigenvalue weighted by atomic mass is 9.82. The lowest BCUT2D eigenvalue weighted by Gasteiger charge is -2.29. The first-order chi connectivity index (χ1) is 16.2. The minimum Gasteiger partial charge on any atom is -0.453 e. The lowest BCUT2D eigenvalue weighted by Crippen LogP contribution is -2.37. The van der Waals surface area contributed by atoms with E-state index in [0.29, 0.717) is 22.3 Å². The number of nitrogens with zero attached hydrogens (tertiary/aromatic N) is 2. The van der Waals surface area contributed by atoms with Gasteiger partial charge in [0, 0.05) is 35.3 Å². The number of fused-ring (bicyclic) bond motifs is 3. The molecule has 0 aliphatic carbocycles. The van der Waals surface area contributed by atoms with Crippen LogP contribution in [0.25, 0.3) is 16.6 Å². The number of carbonyl (C=O) groups is 2. The molecule has 1 aromatic carbocycles. The van der Waals surface area contributed by atoms with Crippen LogP contribution in [0.1, 0.15) is 35.5 Å². The molecule has 10 heteroatoms. The monoisotopic (exact) mass is 475 g/mol. The summed E-state index contributed by atoms with van der Waals surface area (Å²) in [5, 5.41) is 0.691. The topological polar surface area (TPSA) is 75.3 Å². The normalized spacial score (nSPS) is 15.1. The van der Waals surface area contributed by atoms with Crippen LogP contribution in [0.15, 0.2) is 42.7 Å². The summed E-state index contributed by atoms with van der Waals surface area (Å²) in [6.07, 6.45) is 1.15. The molecule has 178 valence electrons. The average molecular weight is 475 g/mol. The lowest BCUT2D eigenvalue weighted by molar-refractivity contribution is -0.143. The van der Waals surface area contributed by atoms with Crippen molar-refractivity contribution in [3.05, 3.63) is 71.2 Å². The number of amides is 1. The van der Waals surface area contributed by atoms with Gasteiger partial charge in [-0.05, 0) is 35.9 Å². The number of esters is 1. The third-order valence-electron chi connectivity index (χ3n) is 5.63. The van der Waals surface area contributed by atoms with Gasteiger partial charge in [-0.2, -0.15) is 0 Å². The maximum Gasteiger partial charge on any atom is 0.342 e. The number of H-pyrrole nitrogens is 1. The van der Waals surface area contributed by atoms with E-state index in [1.54, 1.807) is 18.3 Å². The summed E-state index contributed by atoms with van der Waals surface area (Å²) >= 11 is 0. The Bertz CT molecular complexity index is 1300. The first-order valence-corrected chi connectivity index (χ1v) is 10.4. The molecule has 3 heterocycles. The number of nitrogens with one attached hydrogen (secondary N) is 1. The van der Waals surface area contributed by atoms with Gasteiger partial charge in [-0.3, -0.25) is 4.79 Å². The predicted octanol–water partition coefficient (Wildman–Crippen LogP) is 4.47. The van der Waals surface area contributed by atoms with Gasteiger partial charge in [0.05, 0.1) is 11.3 Å². The van der Waals surface area contributed by atoms with Crippen LogP contribution in [0.2, 0.25) is 0 Å². The molecular weight excluding hydrogens is 454 g/mol. The molecule has 2 aromatic heterocycles. The van der Waals surface area contributed by atoms with Crippen molar-refractivity contribution in [2.45, 2.75) is 25.4 Å². The standard InChI is InChI=1S/C24H21F4N3O3/c1-24(2)12-31(22(32)13-5-6-17(27)18(28)8-13)11-16(23(33)34-14(9-25)10-26)20-19(24)15-4-3-7-29-21(15)30-20/h3-8,11,14H,9-10,12H2,1-2H3,(H,29,30). The van der Waals surface area contributed by atoms with E-state index in [2.05, 4.69) is 9.97 Å². The molecule has 0 saturated heterocycles. The molecule has 0 spiro atoms. The van der Waals surface area contributed by atoms with Crippen molar-refractivity contribution in [2.24, 2.45) is 0 Å². The number of halogens is 4. The molecule has 0 radical (unpaired) electrons. The Morgan fingerprint density at radius 1 is 1.18 bits per heavy atom. The Morgan fingerprint density at radius 3 is 2.59 bits per heavy atom. The van der Waals surface area contributed by atoms with Crippen LogP contribution in [0, 0.1) is 11.6 Å². The highest BCUT2D eigenvalue weighted by Gasteiger charge is 2.38. The molecule has 0 saturated carbocycles. The molecule has 1 aliphatic rings. The zero-order chi connectivity index (χ0) is 24.6. The molecule has 6 nitrogen and oxygen atoms in total. The van der Waals surface area contributed by atoms with Crippen molar-refractivity contribution in [2.75, 3.05) is 19.9 Å². The third-order valence-corrected chi connectivity index (χ3v) is 5.63. The van der Waals surface area contributed by atoms with Crippen LogP contribution in [-0.2, 0) is 14.9 Å². The highest BCUT2D eigenvalue weighted by Crippen LogP contribution is 2.40. The summed E-state index contributed by atoms with van der Waals surface area (Å²) in [7, 11) is 0. The number of aromatic nitrogens is 2. The second-order valence-corrected chi connectivity index (χ2v) is 8.60. The van der Waals surface area contributed by atoms with Gasteiger partial charge >= 0.3 is 5.97 Å². The Balaban J connectivity index is 1.87. The summed E-state index contributed by atoms with van der Waals surface area (Å²) in [6, 6.07) is 6.24. The van der Waals surface area contributed by atoms with E-state index in [4.69, 9.17) is 4.74 Å². The third kappa shape index (κ3) is 4.15. The fraction of sp³-hybridized carbons (Fsp3) is 0.292. The van der Waals surface area contributed by atoms with Crippen LogP contribution in [0.3, 0.4) is 0 Å². The summed E-state index contributed by atoms with van der Waals surface area (Å²) in [5.74, 6) is -4.05. The zero-order valence-electron chi connectivity index (χ0n) is 18.4. The van der Waals surface area contributed by atoms with E-state index >= 15 is 0 Å². The number of carbonyl (C=O) groups excluding carboxylic acids is 2. The fourth-order valence-corrected chi connectivity index (χ4v) is 4.10. The molecule has 0 bridgehead atoms. The molecule has 1 amide bonds. The van der Waals surface area contributed by atoms with Crippen molar-refractivity contribution in [1.29, 1.82) is 0 Å². The van der Waals surface area contributed by atoms with Crippen molar-refractivity contribution in [1.82, 2.24) is 14.9 Å². The van der Waals surface area contributed by atoms with Gasteiger partial charge in [0.2, 0.25) is 0 Å². The van der Waals surface area contributed by atoms with Gasteiger partial charge in [-0.25, -0.2) is 27.3 Å². The largest absolute Gasteiger partial charge is 0.453 e. The number of benzene rings is 1. The number of alkyl halides is 2. The SMILES string of the molecule is CC1(C)CN(C(=O)c2ccc(F)c(F)c2)C=C(C(=O)OC(CF)CF)c2[nH]c3ncccc3c21. The van der Waals surface area contributed by atoms with Crippen molar-refractivity contribution in [3.8, 4) is 0 Å². The van der Waals surface area contributed by atoms with Gasteiger partial charge in [-0.15, -0.1) is 0 Å². The van der Waals surface area contributed by atoms with Gasteiger partial charge in [0.1, 0.15) is 19.0 Å². The van der Waals surface area contributed by atoms with Gasteiger partial charge in [-0.1, -0.05) is 13.8 Å². The fourth-order valence-electron chi connectivity index (χ4n) is 4.10. The second kappa shape index (κ2) is 8.92. The summed E-state index contributed by atoms with van der Waals surface area (Å²) < 4.78 is 58.3. The quantitative estimate of drug-likeness (QED) is 0.437. The Labute approximate surface area is 192 Å². The second-order valence-electron chi connectivity index (χ2n) is 8.60. The molecule has 0 unspecified atom stereocenters. The highest BCUT2D eigenvalue weighted by atomic mass is 19.2. The van der Waals surface area contributed by atoms with Gasteiger partial charge in [0.25, 0.3) is 5.91 Å². The zero-order valence-corrected chi connectivity index (χ0v) is 18.4. The average Bonchev–Trinajstić information content (AvgIpc) is 3.16. The van der Waals surface area contributed by atoms with E-state index in [0.717, 1.165) is 18.2 Å². The van der Waals surface area contributed by atoms with Crippen LogP contribution >= 0.6 is 0 Å². The molecule has 1 N–H and O–H groups in total. The van der Waals surface area contributed by atoms with Crippen molar-refractivity contribution < 1.29 is 31.9 Å². The van der Waals surface area contributed by atoms with Crippen LogP contribution in [0.4, 0.5) is 17.6 Å². The van der Waals surface area contributed by atoms with E-state index in [9.17, 15) is 27.2 Å². The maximum absolute atomic E-state index is 13.8. The summed E-state index contributed by atoms with van der Waals surface area (Å²) in [4.78, 5) is 34.8. The van der Waals surface area contributed by atoms with E-state index < -0.39 is 48.4 Å². The Morgan fingerprint density at radius 2 is 1.91 bits per heavy atom. The minimum absolute atomic E-state index is 0.0477. The first-order valence-electron chi connectivity index (χ1n) is 10.4. The Hall–Kier alpha value is -3.69. The predicted molar refractivity (Wildman–Crippen MR) is 116 cm³/mol. The highest BCUT2D eigenvalue weighted by molar-refractivity contribution is 6.18. The number of hydrogen-bond acceptors (Lipinski definition) is 4. The van der Waals surface area contributed by atoms with E-state index in [-0.39, 0.29) is 17.7 Å². The van der Waals surface area contributed by atoms with E-state index in [1.807, 2.05) is 13.8 Å². The van der Waals surface area contributed by atoms with Crippen LogP contribution in [0.5, 0.6) is 0 Å². The van der Waals surface area contributed by atoms with Crippen LogP contribution < -0.4 is 0 Å². The number of pyridine rings is 1. The molecule has 0 fully saturated rings. The van der Waals surface area contributed by atoms with Gasteiger partial charge < -0.3 is 14.6 Å². The van der Waals surface area contributed by atoms with Crippen LogP contribution in [-0.4, -0.2) is 52.7 Å². The number of hydrogen-bond donors (Lipinski definition) is 1. The van der Waals surface area contributed by atoms with Gasteiger partial charge in [0.15, 0.2) is 17.7 Å². The molecule has 1 aliphatic heterocycles. The molecule has 3 aromatic rings. The number of aromatic amines is 1. The summed E-state index contributed by atoms with van der Waals surface area (Å²) in [6.45, 7) is 1.28. The smallest absolute Gasteiger partial charge is 0.342 e. The first kappa shape index (κ1) is 23.5. The summed E-state index contributed by atoms with van der Waals surface area (Å²) in [5.41, 5.74) is 0.370. The molecular formula is C24H21F4N3O3. The maximum atomic E-state index is 13.8. The number of ether oxygens (including phenoxy) is 1. The molecule has 34 heavy (non-hydrogen) atoms. The number of rotatable bonds is 5. The molecule has 0 atom stereocenters. The Kier molecular flexibility index (Phi) is 6.16. The minimum atomic E-state index is -1.61. The van der Waals surface area contributed by atoms with Crippen molar-refractivity contribution in [3.63, 3.8) is 0 Å². The van der Waals surface area contributed by atoms with E-state index in [1.165, 1.54) is 11.1 Å².